The van der Waals surface area contributed by atoms with Crippen molar-refractivity contribution in [2.45, 2.75) is 0 Å². The molecule has 0 aliphatic heterocycles. The van der Waals surface area contributed by atoms with Crippen LogP contribution >= 0.6 is 0 Å². The summed E-state index contributed by atoms with van der Waals surface area (Å²) in [6, 6.07) is 0. The molecule has 0 radical (unpaired) electrons. The molecule has 0 saturated carbocycles. The van der Waals surface area contributed by atoms with Crippen LogP contribution < -0.4 is 0 Å². The molecule has 30 valence electrons. The minimum atomic E-state index is 0.750. The fourth-order valence-electron chi connectivity index (χ4n) is 0. The van der Waals surface area contributed by atoms with Crippen LogP contribution in [0.4, 0.5) is 0 Å². The first-order valence-corrected chi connectivity index (χ1v) is 0.894. The molecule has 0 aromatic rings. The van der Waals surface area contributed by atoms with Gasteiger partial charge in [-0.1, -0.05) is 0 Å². The van der Waals surface area contributed by atoms with Crippen molar-refractivity contribution in [1.29, 1.82) is 5.26 Å². The second-order valence-corrected chi connectivity index (χ2v) is 0.100. The molecule has 0 aliphatic carbocycles. The minimum Gasteiger partial charge on any atom is -0.443 e. The Balaban J connectivity index is 0. The van der Waals surface area contributed by atoms with Crippen LogP contribution in [0.2, 0.25) is 0 Å². The van der Waals surface area contributed by atoms with Crippen molar-refractivity contribution in [3.05, 3.63) is 0 Å². The van der Waals surface area contributed by atoms with Gasteiger partial charge in [-0.15, -0.1) is 0 Å². The lowest BCUT2D eigenvalue weighted by atomic mass is 11.6. The molecule has 0 bridgehead atoms. The monoisotopic (exact) mass is 75.0 g/mol. The van der Waals surface area contributed by atoms with Gasteiger partial charge in [-0.2, -0.15) is 5.26 Å². The maximum Gasteiger partial charge on any atom is 0.283 e. The zero-order valence-corrected chi connectivity index (χ0v) is 2.84. The lowest BCUT2D eigenvalue weighted by molar-refractivity contribution is 0.399. The molecule has 0 fully saturated rings. The van der Waals surface area contributed by atoms with E-state index in [1.165, 1.54) is 0 Å². The lowest BCUT2D eigenvalue weighted by Crippen LogP contribution is -1.27. The quantitative estimate of drug-likeness (QED) is 0.379. The van der Waals surface area contributed by atoms with Crippen molar-refractivity contribution in [3.63, 3.8) is 0 Å². The van der Waals surface area contributed by atoms with E-state index in [0.29, 0.717) is 0 Å². The maximum absolute atomic E-state index is 7.00. The van der Waals surface area contributed by atoms with E-state index in [1.807, 2.05) is 0 Å². The Labute approximate surface area is 30.1 Å². The second-order valence-electron chi connectivity index (χ2n) is 0.100. The molecule has 0 aromatic carbocycles. The minimum absolute atomic E-state index is 0.750. The number of nitriles is 1. The number of aliphatic hydroxyl groups is 2. The molecule has 0 aliphatic rings. The number of aliphatic hydroxyl groups excluding tert-OH is 2. The van der Waals surface area contributed by atoms with Gasteiger partial charge in [0.25, 0.3) is 6.26 Å². The molecule has 0 heterocycles. The number of rotatable bonds is 0. The van der Waals surface area contributed by atoms with Gasteiger partial charge in [-0.25, -0.2) is 0 Å². The third-order valence-electron chi connectivity index (χ3n) is 0. The second kappa shape index (κ2) is 263. The van der Waals surface area contributed by atoms with Gasteiger partial charge in [0, 0.05) is 7.11 Å². The number of hydrogen-bond acceptors (Lipinski definition) is 3. The summed E-state index contributed by atoms with van der Waals surface area (Å²) < 4.78 is 0. The first kappa shape index (κ1) is 8.87. The molecule has 3 nitrogen and oxygen atoms in total. The van der Waals surface area contributed by atoms with Crippen LogP contribution in [0, 0.1) is 11.5 Å². The lowest BCUT2D eigenvalue weighted by Gasteiger charge is -1.25. The standard InChI is InChI=1S/CHNO.CH4O/c2-1-3;1-2/h3H;2H,1H3. The van der Waals surface area contributed by atoms with Gasteiger partial charge in [0.1, 0.15) is 0 Å². The summed E-state index contributed by atoms with van der Waals surface area (Å²) in [7, 11) is 1.00. The van der Waals surface area contributed by atoms with Crippen LogP contribution in [0.25, 0.3) is 0 Å². The Morgan fingerprint density at radius 2 is 1.60 bits per heavy atom. The van der Waals surface area contributed by atoms with Crippen LogP contribution in [0.1, 0.15) is 0 Å². The highest BCUT2D eigenvalue weighted by Gasteiger charge is 1.16. The summed E-state index contributed by atoms with van der Waals surface area (Å²) in [5.41, 5.74) is 0. The Morgan fingerprint density at radius 3 is 1.60 bits per heavy atom. The molecule has 0 atom stereocenters. The van der Waals surface area contributed by atoms with Crippen molar-refractivity contribution < 1.29 is 10.2 Å². The van der Waals surface area contributed by atoms with E-state index in [1.54, 1.807) is 0 Å². The van der Waals surface area contributed by atoms with Crippen molar-refractivity contribution in [3.8, 4) is 6.26 Å². The first-order chi connectivity index (χ1) is 2.41. The Kier molecular flexibility index (Phi) is 467. The molecule has 3 heteroatoms. The largest absolute Gasteiger partial charge is 0.443 e. The van der Waals surface area contributed by atoms with Crippen LogP contribution in [0.3, 0.4) is 0 Å². The van der Waals surface area contributed by atoms with E-state index in [2.05, 4.69) is 0 Å². The molecule has 0 amide bonds. The van der Waals surface area contributed by atoms with Crippen LogP contribution in [-0.4, -0.2) is 17.3 Å². The Morgan fingerprint density at radius 1 is 1.60 bits per heavy atom. The molecule has 0 saturated heterocycles. The van der Waals surface area contributed by atoms with Gasteiger partial charge in [0.2, 0.25) is 0 Å². The van der Waals surface area contributed by atoms with E-state index in [9.17, 15) is 0 Å². The van der Waals surface area contributed by atoms with E-state index >= 15 is 0 Å². The summed E-state index contributed by atoms with van der Waals surface area (Å²) in [5, 5.41) is 20.8. The van der Waals surface area contributed by atoms with Crippen LogP contribution in [-0.2, 0) is 0 Å². The topological polar surface area (TPSA) is 64.2 Å². The summed E-state index contributed by atoms with van der Waals surface area (Å²) in [6.45, 7) is 0. The van der Waals surface area contributed by atoms with Gasteiger partial charge in [-0.05, 0) is 0 Å². The molecular formula is C2H5NO2. The van der Waals surface area contributed by atoms with Gasteiger partial charge in [-0.3, -0.25) is 0 Å². The van der Waals surface area contributed by atoms with E-state index < -0.39 is 0 Å². The fraction of sp³-hybridized carbons (Fsp3) is 0.500. The van der Waals surface area contributed by atoms with Gasteiger partial charge in [0.05, 0.1) is 0 Å². The normalized spacial score (nSPS) is 2.60. The van der Waals surface area contributed by atoms with E-state index in [4.69, 9.17) is 15.5 Å². The first-order valence-electron chi connectivity index (χ1n) is 0.894. The Bertz CT molecular complexity index is 29.1. The Hall–Kier alpha value is -0.750. The number of hydrogen-bond donors (Lipinski definition) is 2. The van der Waals surface area contributed by atoms with Crippen molar-refractivity contribution in [2.24, 2.45) is 0 Å². The summed E-state index contributed by atoms with van der Waals surface area (Å²) >= 11 is 0. The average molecular weight is 75.1 g/mol. The zero-order valence-electron chi connectivity index (χ0n) is 2.84. The van der Waals surface area contributed by atoms with Gasteiger partial charge < -0.3 is 10.2 Å². The maximum atomic E-state index is 7.00. The van der Waals surface area contributed by atoms with Crippen molar-refractivity contribution in [1.82, 2.24) is 0 Å². The third kappa shape index (κ3) is 9.03. The predicted molar refractivity (Wildman–Crippen MR) is 15.7 cm³/mol. The molecule has 5 heavy (non-hydrogen) atoms. The predicted octanol–water partition coefficient (Wildman–Crippen LogP) is -0.552. The smallest absolute Gasteiger partial charge is 0.283 e. The van der Waals surface area contributed by atoms with Gasteiger partial charge in [0.15, 0.2) is 0 Å². The van der Waals surface area contributed by atoms with Crippen molar-refractivity contribution >= 4 is 0 Å². The zero-order chi connectivity index (χ0) is 4.71. The van der Waals surface area contributed by atoms with Crippen LogP contribution in [0.5, 0.6) is 0 Å². The van der Waals surface area contributed by atoms with E-state index in [0.717, 1.165) is 13.4 Å². The molecular weight excluding hydrogens is 70.0 g/mol. The highest BCUT2D eigenvalue weighted by Crippen LogP contribution is 1.06. The molecule has 0 rings (SSSR count). The van der Waals surface area contributed by atoms with Gasteiger partial charge >= 0.3 is 0 Å². The number of nitrogens with zero attached hydrogens (tertiary/aromatic N) is 1. The molecule has 0 aromatic heterocycles. The van der Waals surface area contributed by atoms with Crippen LogP contribution in [0.15, 0.2) is 0 Å². The molecule has 0 spiro atoms. The van der Waals surface area contributed by atoms with Crippen molar-refractivity contribution in [2.75, 3.05) is 7.11 Å². The average Bonchev–Trinajstić information content (AvgIpc) is 1.46. The molecule has 2 N–H and O–H groups in total. The fourth-order valence-corrected chi connectivity index (χ4v) is 0. The summed E-state index contributed by atoms with van der Waals surface area (Å²) in [4.78, 5) is 0. The SMILES string of the molecule is CO.N#CO. The van der Waals surface area contributed by atoms with E-state index in [-0.39, 0.29) is 0 Å². The molecule has 0 unspecified atom stereocenters. The highest BCUT2D eigenvalue weighted by molar-refractivity contribution is 4.30. The summed E-state index contributed by atoms with van der Waals surface area (Å²) in [5.74, 6) is 0. The highest BCUT2D eigenvalue weighted by atomic mass is 16.2. The third-order valence-corrected chi connectivity index (χ3v) is 0. The summed E-state index contributed by atoms with van der Waals surface area (Å²) in [6.07, 6.45) is 0.750.